The van der Waals surface area contributed by atoms with Crippen LogP contribution < -0.4 is 0 Å². The normalized spacial score (nSPS) is 11.1. The molecule has 0 aliphatic rings. The summed E-state index contributed by atoms with van der Waals surface area (Å²) in [6, 6.07) is 10.5. The van der Waals surface area contributed by atoms with E-state index in [4.69, 9.17) is 0 Å². The highest BCUT2D eigenvalue weighted by Crippen LogP contribution is 2.27. The first kappa shape index (κ1) is 18.1. The predicted molar refractivity (Wildman–Crippen MR) is 101 cm³/mol. The number of aryl methyl sites for hydroxylation is 3. The molecule has 0 spiro atoms. The molecule has 0 saturated carbocycles. The summed E-state index contributed by atoms with van der Waals surface area (Å²) in [7, 11) is 0. The predicted octanol–water partition coefficient (Wildman–Crippen LogP) is 3.87. The van der Waals surface area contributed by atoms with E-state index in [1.807, 2.05) is 20.8 Å². The quantitative estimate of drug-likeness (QED) is 0.731. The van der Waals surface area contributed by atoms with Gasteiger partial charge in [0.2, 0.25) is 0 Å². The van der Waals surface area contributed by atoms with Crippen LogP contribution in [0.2, 0.25) is 0 Å². The minimum Gasteiger partial charge on any atom is -0.395 e. The van der Waals surface area contributed by atoms with Gasteiger partial charge in [-0.15, -0.1) is 0 Å². The Bertz CT molecular complexity index is 962. The lowest BCUT2D eigenvalue weighted by atomic mass is 10.1. The largest absolute Gasteiger partial charge is 0.395 e. The minimum atomic E-state index is -0.358. The molecule has 0 aliphatic heterocycles. The fourth-order valence-corrected chi connectivity index (χ4v) is 3.36. The van der Waals surface area contributed by atoms with E-state index in [0.29, 0.717) is 11.3 Å². The summed E-state index contributed by atoms with van der Waals surface area (Å²) >= 11 is 0. The van der Waals surface area contributed by atoms with Crippen LogP contribution in [0.15, 0.2) is 36.4 Å². The van der Waals surface area contributed by atoms with Crippen molar-refractivity contribution in [3.63, 3.8) is 0 Å². The SMILES string of the molecule is Cc1cc(C)c2[nH]c(C(=O)N(CCO)Cc3ccccc3F)c(C)c2c1. The Labute approximate surface area is 152 Å². The van der Waals surface area contributed by atoms with E-state index in [1.54, 1.807) is 18.2 Å². The molecular formula is C21H23FN2O2. The van der Waals surface area contributed by atoms with Crippen molar-refractivity contribution in [2.75, 3.05) is 13.2 Å². The number of hydrogen-bond acceptors (Lipinski definition) is 2. The van der Waals surface area contributed by atoms with Crippen molar-refractivity contribution in [2.24, 2.45) is 0 Å². The molecule has 1 amide bonds. The molecule has 3 rings (SSSR count). The lowest BCUT2D eigenvalue weighted by Gasteiger charge is -2.22. The number of halogens is 1. The van der Waals surface area contributed by atoms with Gasteiger partial charge in [0, 0.05) is 29.6 Å². The fraction of sp³-hybridized carbons (Fsp3) is 0.286. The number of amides is 1. The summed E-state index contributed by atoms with van der Waals surface area (Å²) in [6.07, 6.45) is 0. The molecule has 0 aliphatic carbocycles. The van der Waals surface area contributed by atoms with Crippen LogP contribution in [-0.4, -0.2) is 34.0 Å². The summed E-state index contributed by atoms with van der Waals surface area (Å²) in [4.78, 5) is 17.8. The van der Waals surface area contributed by atoms with Crippen LogP contribution in [0.1, 0.15) is 32.7 Å². The number of nitrogens with zero attached hydrogens (tertiary/aromatic N) is 1. The van der Waals surface area contributed by atoms with E-state index in [1.165, 1.54) is 11.0 Å². The fourth-order valence-electron chi connectivity index (χ4n) is 3.36. The molecule has 0 saturated heterocycles. The monoisotopic (exact) mass is 354 g/mol. The van der Waals surface area contributed by atoms with Crippen molar-refractivity contribution >= 4 is 16.8 Å². The lowest BCUT2D eigenvalue weighted by molar-refractivity contribution is 0.0700. The summed E-state index contributed by atoms with van der Waals surface area (Å²) in [5.74, 6) is -0.601. The molecule has 4 nitrogen and oxygen atoms in total. The number of carbonyl (C=O) groups excluding carboxylic acids is 1. The minimum absolute atomic E-state index is 0.110. The van der Waals surface area contributed by atoms with Crippen LogP contribution in [0, 0.1) is 26.6 Å². The molecule has 0 unspecified atom stereocenters. The Kier molecular flexibility index (Phi) is 5.09. The Morgan fingerprint density at radius 2 is 1.92 bits per heavy atom. The maximum absolute atomic E-state index is 14.0. The third-order valence-corrected chi connectivity index (χ3v) is 4.70. The summed E-state index contributed by atoms with van der Waals surface area (Å²) < 4.78 is 14.0. The summed E-state index contributed by atoms with van der Waals surface area (Å²) in [5.41, 5.74) is 4.92. The number of carbonyl (C=O) groups is 1. The number of aliphatic hydroxyl groups excluding tert-OH is 1. The second-order valence-corrected chi connectivity index (χ2v) is 6.67. The van der Waals surface area contributed by atoms with Crippen molar-refractivity contribution in [3.8, 4) is 0 Å². The number of nitrogens with one attached hydrogen (secondary N) is 1. The molecule has 136 valence electrons. The zero-order valence-corrected chi connectivity index (χ0v) is 15.3. The molecular weight excluding hydrogens is 331 g/mol. The molecule has 5 heteroatoms. The Balaban J connectivity index is 2.00. The van der Waals surface area contributed by atoms with E-state index < -0.39 is 0 Å². The average molecular weight is 354 g/mol. The Morgan fingerprint density at radius 3 is 2.62 bits per heavy atom. The van der Waals surface area contributed by atoms with Crippen molar-refractivity contribution in [1.29, 1.82) is 0 Å². The first-order valence-corrected chi connectivity index (χ1v) is 8.65. The summed E-state index contributed by atoms with van der Waals surface area (Å²) in [6.45, 7) is 6.00. The number of rotatable bonds is 5. The van der Waals surface area contributed by atoms with Crippen molar-refractivity contribution in [1.82, 2.24) is 9.88 Å². The van der Waals surface area contributed by atoms with Gasteiger partial charge < -0.3 is 15.0 Å². The number of fused-ring (bicyclic) bond motifs is 1. The van der Waals surface area contributed by atoms with Gasteiger partial charge in [0.15, 0.2) is 0 Å². The molecule has 0 atom stereocenters. The Morgan fingerprint density at radius 1 is 1.19 bits per heavy atom. The second kappa shape index (κ2) is 7.30. The van der Waals surface area contributed by atoms with E-state index in [0.717, 1.165) is 27.6 Å². The number of aromatic amines is 1. The highest BCUT2D eigenvalue weighted by molar-refractivity contribution is 6.01. The zero-order chi connectivity index (χ0) is 18.8. The van der Waals surface area contributed by atoms with Crippen LogP contribution in [0.5, 0.6) is 0 Å². The lowest BCUT2D eigenvalue weighted by Crippen LogP contribution is -2.34. The third kappa shape index (κ3) is 3.35. The number of H-pyrrole nitrogens is 1. The first-order chi connectivity index (χ1) is 12.4. The van der Waals surface area contributed by atoms with Gasteiger partial charge in [-0.25, -0.2) is 4.39 Å². The number of hydrogen-bond donors (Lipinski definition) is 2. The molecule has 2 aromatic carbocycles. The highest BCUT2D eigenvalue weighted by Gasteiger charge is 2.22. The summed E-state index contributed by atoms with van der Waals surface area (Å²) in [5, 5.41) is 10.4. The standard InChI is InChI=1S/C21H23FN2O2/c1-13-10-14(2)19-17(11-13)15(3)20(23-19)21(26)24(8-9-25)12-16-6-4-5-7-18(16)22/h4-7,10-11,23,25H,8-9,12H2,1-3H3. The molecule has 0 bridgehead atoms. The average Bonchev–Trinajstić information content (AvgIpc) is 2.93. The maximum atomic E-state index is 14.0. The van der Waals surface area contributed by atoms with E-state index in [9.17, 15) is 14.3 Å². The smallest absolute Gasteiger partial charge is 0.270 e. The van der Waals surface area contributed by atoms with Crippen LogP contribution in [0.25, 0.3) is 10.9 Å². The number of aromatic nitrogens is 1. The van der Waals surface area contributed by atoms with Gasteiger partial charge >= 0.3 is 0 Å². The van der Waals surface area contributed by atoms with Gasteiger partial charge in [-0.2, -0.15) is 0 Å². The van der Waals surface area contributed by atoms with Gasteiger partial charge in [0.25, 0.3) is 5.91 Å². The van der Waals surface area contributed by atoms with Crippen molar-refractivity contribution in [3.05, 3.63) is 70.2 Å². The van der Waals surface area contributed by atoms with Crippen LogP contribution in [-0.2, 0) is 6.54 Å². The number of benzene rings is 2. The van der Waals surface area contributed by atoms with E-state index in [2.05, 4.69) is 17.1 Å². The van der Waals surface area contributed by atoms with Gasteiger partial charge in [-0.3, -0.25) is 4.79 Å². The first-order valence-electron chi connectivity index (χ1n) is 8.65. The highest BCUT2D eigenvalue weighted by atomic mass is 19.1. The van der Waals surface area contributed by atoms with E-state index in [-0.39, 0.29) is 31.4 Å². The molecule has 3 aromatic rings. The molecule has 1 heterocycles. The van der Waals surface area contributed by atoms with Gasteiger partial charge in [-0.05, 0) is 44.0 Å². The maximum Gasteiger partial charge on any atom is 0.270 e. The van der Waals surface area contributed by atoms with Crippen LogP contribution in [0.4, 0.5) is 4.39 Å². The molecule has 0 fully saturated rings. The van der Waals surface area contributed by atoms with Crippen LogP contribution in [0.3, 0.4) is 0 Å². The van der Waals surface area contributed by atoms with E-state index >= 15 is 0 Å². The van der Waals surface area contributed by atoms with Gasteiger partial charge in [0.05, 0.1) is 6.61 Å². The zero-order valence-electron chi connectivity index (χ0n) is 15.3. The molecule has 0 radical (unpaired) electrons. The second-order valence-electron chi connectivity index (χ2n) is 6.67. The van der Waals surface area contributed by atoms with Gasteiger partial charge in [0.1, 0.15) is 11.5 Å². The molecule has 1 aromatic heterocycles. The van der Waals surface area contributed by atoms with Crippen molar-refractivity contribution < 1.29 is 14.3 Å². The van der Waals surface area contributed by atoms with Crippen molar-refractivity contribution in [2.45, 2.75) is 27.3 Å². The number of aliphatic hydroxyl groups is 1. The molecule has 26 heavy (non-hydrogen) atoms. The molecule has 2 N–H and O–H groups in total. The third-order valence-electron chi connectivity index (χ3n) is 4.70. The Hall–Kier alpha value is -2.66. The van der Waals surface area contributed by atoms with Gasteiger partial charge in [-0.1, -0.05) is 29.8 Å². The topological polar surface area (TPSA) is 56.3 Å². The van der Waals surface area contributed by atoms with Crippen LogP contribution >= 0.6 is 0 Å².